The molecule has 0 aliphatic rings. The summed E-state index contributed by atoms with van der Waals surface area (Å²) in [4.78, 5) is 13.1. The summed E-state index contributed by atoms with van der Waals surface area (Å²) in [5.74, 6) is -1.00. The summed E-state index contributed by atoms with van der Waals surface area (Å²) in [6, 6.07) is 14.2. The van der Waals surface area contributed by atoms with Gasteiger partial charge in [-0.1, -0.05) is 24.3 Å². The van der Waals surface area contributed by atoms with E-state index >= 15 is 0 Å². The minimum atomic E-state index is -1.00. The van der Waals surface area contributed by atoms with Crippen LogP contribution in [0.1, 0.15) is 30.4 Å². The molecule has 3 rings (SSSR count). The van der Waals surface area contributed by atoms with E-state index in [9.17, 15) is 9.90 Å². The monoisotopic (exact) mass is 509 g/mol. The topological polar surface area (TPSA) is 91.9 Å². The number of aryl methyl sites for hydroxylation is 2. The third-order valence-corrected chi connectivity index (χ3v) is 5.85. The van der Waals surface area contributed by atoms with Crippen molar-refractivity contribution in [2.75, 3.05) is 29.9 Å². The van der Waals surface area contributed by atoms with Crippen molar-refractivity contribution in [1.29, 1.82) is 0 Å². The molecular weight excluding hydrogens is 482 g/mol. The third kappa shape index (κ3) is 7.88. The number of para-hydroxylation sites is 1. The predicted molar refractivity (Wildman–Crippen MR) is 132 cm³/mol. The minimum absolute atomic E-state index is 0. The van der Waals surface area contributed by atoms with E-state index in [-0.39, 0.29) is 57.8 Å². The molecule has 0 spiro atoms. The molecular formula is C23H28KN5O2S2. The van der Waals surface area contributed by atoms with Gasteiger partial charge >= 0.3 is 51.4 Å². The normalized spacial score (nSPS) is 10.5. The molecule has 0 atom stereocenters. The molecule has 1 heterocycles. The zero-order valence-corrected chi connectivity index (χ0v) is 24.1. The van der Waals surface area contributed by atoms with Gasteiger partial charge in [0.25, 0.3) is 0 Å². The van der Waals surface area contributed by atoms with Crippen LogP contribution in [0.5, 0.6) is 0 Å². The smallest absolute Gasteiger partial charge is 0.550 e. The molecule has 10 heteroatoms. The number of carboxylic acid groups (broad SMARTS) is 1. The van der Waals surface area contributed by atoms with Crippen LogP contribution in [0.25, 0.3) is 5.69 Å². The van der Waals surface area contributed by atoms with E-state index in [4.69, 9.17) is 24.4 Å². The van der Waals surface area contributed by atoms with Crippen LogP contribution in [0.4, 0.5) is 11.4 Å². The number of H-pyrrole nitrogens is 2. The molecule has 2 aromatic carbocycles. The van der Waals surface area contributed by atoms with Gasteiger partial charge in [0.05, 0.1) is 5.69 Å². The standard InChI is InChI=1S/C23H29N5O2S2.K/c1-16-7-3-8-17(2)21(16)27(13-5-11-20(29)30)14-6-12-24-18-9-4-10-19(15-18)28-22(31)25-26-23(28)32;/h3-4,7-10,15,24H,5-6,11-14H2,1-2H3,(H,25,31)(H,26,32)(H,29,30);/q;+1/p-1. The summed E-state index contributed by atoms with van der Waals surface area (Å²) < 4.78 is 2.82. The zero-order valence-electron chi connectivity index (χ0n) is 19.3. The van der Waals surface area contributed by atoms with Crippen molar-refractivity contribution in [3.05, 3.63) is 63.1 Å². The number of nitrogens with one attached hydrogen (secondary N) is 3. The molecule has 3 N–H and O–H groups in total. The number of carbonyl (C=O) groups is 1. The molecule has 0 unspecified atom stereocenters. The molecule has 33 heavy (non-hydrogen) atoms. The summed E-state index contributed by atoms with van der Waals surface area (Å²) in [5, 5.41) is 20.0. The Bertz CT molecular complexity index is 1140. The first-order chi connectivity index (χ1) is 15.4. The molecule has 170 valence electrons. The van der Waals surface area contributed by atoms with Crippen LogP contribution in [0.3, 0.4) is 0 Å². The van der Waals surface area contributed by atoms with Gasteiger partial charge in [-0.3, -0.25) is 14.8 Å². The van der Waals surface area contributed by atoms with Gasteiger partial charge < -0.3 is 20.1 Å². The largest absolute Gasteiger partial charge is 1.00 e. The van der Waals surface area contributed by atoms with Crippen LogP contribution in [0.15, 0.2) is 42.5 Å². The molecule has 0 bridgehead atoms. The first-order valence-electron chi connectivity index (χ1n) is 10.6. The maximum Gasteiger partial charge on any atom is 1.00 e. The van der Waals surface area contributed by atoms with E-state index < -0.39 is 5.97 Å². The van der Waals surface area contributed by atoms with E-state index in [0.717, 1.165) is 30.9 Å². The van der Waals surface area contributed by atoms with Crippen LogP contribution >= 0.6 is 24.4 Å². The Morgan fingerprint density at radius 1 is 1.03 bits per heavy atom. The van der Waals surface area contributed by atoms with E-state index in [1.807, 2.05) is 30.3 Å². The SMILES string of the molecule is Cc1cccc(C)c1N(CCCNc1cccc(-n2c(=S)[nH][nH]c2=S)c1)CCCC(=O)[O-].[K+]. The molecule has 0 radical (unpaired) electrons. The van der Waals surface area contributed by atoms with Gasteiger partial charge in [0.15, 0.2) is 9.54 Å². The van der Waals surface area contributed by atoms with Crippen LogP contribution in [-0.2, 0) is 4.79 Å². The van der Waals surface area contributed by atoms with E-state index in [1.54, 1.807) is 4.57 Å². The van der Waals surface area contributed by atoms with E-state index in [0.29, 0.717) is 22.5 Å². The number of aromatic nitrogens is 3. The molecule has 0 aliphatic heterocycles. The Balaban J connectivity index is 0.00000385. The van der Waals surface area contributed by atoms with Gasteiger partial charge in [-0.15, -0.1) is 0 Å². The van der Waals surface area contributed by atoms with Crippen LogP contribution in [0.2, 0.25) is 0 Å². The second-order valence-electron chi connectivity index (χ2n) is 7.73. The fraction of sp³-hybridized carbons (Fsp3) is 0.348. The predicted octanol–water partition coefficient (Wildman–Crippen LogP) is 1.05. The summed E-state index contributed by atoms with van der Waals surface area (Å²) in [5.41, 5.74) is 5.44. The molecule has 0 saturated carbocycles. The van der Waals surface area contributed by atoms with Crippen molar-refractivity contribution in [3.63, 3.8) is 0 Å². The van der Waals surface area contributed by atoms with Crippen LogP contribution in [0, 0.1) is 23.4 Å². The average molecular weight is 510 g/mol. The number of aliphatic carboxylic acids is 1. The summed E-state index contributed by atoms with van der Waals surface area (Å²) in [7, 11) is 0. The van der Waals surface area contributed by atoms with Crippen LogP contribution < -0.4 is 66.7 Å². The van der Waals surface area contributed by atoms with Crippen molar-refractivity contribution in [2.45, 2.75) is 33.1 Å². The molecule has 7 nitrogen and oxygen atoms in total. The van der Waals surface area contributed by atoms with Crippen LogP contribution in [-0.4, -0.2) is 40.4 Å². The van der Waals surface area contributed by atoms with Crippen molar-refractivity contribution >= 4 is 41.8 Å². The first-order valence-corrected chi connectivity index (χ1v) is 11.4. The number of hydrogen-bond donors (Lipinski definition) is 3. The molecule has 1 aromatic heterocycles. The molecule has 0 amide bonds. The fourth-order valence-electron chi connectivity index (χ4n) is 3.86. The number of aromatic amines is 2. The van der Waals surface area contributed by atoms with Crippen molar-refractivity contribution < 1.29 is 61.3 Å². The second kappa shape index (κ2) is 13.6. The molecule has 0 aliphatic carbocycles. The van der Waals surface area contributed by atoms with Gasteiger partial charge in [0.1, 0.15) is 0 Å². The number of hydrogen-bond acceptors (Lipinski definition) is 6. The number of nitrogens with zero attached hydrogens (tertiary/aromatic N) is 2. The van der Waals surface area contributed by atoms with Gasteiger partial charge in [-0.2, -0.15) is 0 Å². The number of carboxylic acids is 1. The third-order valence-electron chi connectivity index (χ3n) is 5.29. The fourth-order valence-corrected chi connectivity index (χ4v) is 4.41. The average Bonchev–Trinajstić information content (AvgIpc) is 3.08. The second-order valence-corrected chi connectivity index (χ2v) is 8.50. The summed E-state index contributed by atoms with van der Waals surface area (Å²) in [6.45, 7) is 6.46. The summed E-state index contributed by atoms with van der Waals surface area (Å²) >= 11 is 10.6. The molecule has 3 aromatic rings. The molecule has 0 fully saturated rings. The Morgan fingerprint density at radius 2 is 1.64 bits per heavy atom. The minimum Gasteiger partial charge on any atom is -0.550 e. The maximum absolute atomic E-state index is 10.9. The Kier molecular flexibility index (Phi) is 11.5. The molecule has 0 saturated heterocycles. The number of rotatable bonds is 11. The number of benzene rings is 2. The van der Waals surface area contributed by atoms with Gasteiger partial charge in [-0.05, 0) is 86.9 Å². The van der Waals surface area contributed by atoms with Crippen molar-refractivity contribution in [2.24, 2.45) is 0 Å². The van der Waals surface area contributed by atoms with Gasteiger partial charge in [0.2, 0.25) is 0 Å². The first kappa shape index (κ1) is 28.0. The van der Waals surface area contributed by atoms with E-state index in [1.165, 1.54) is 16.8 Å². The number of carbonyl (C=O) groups excluding carboxylic acids is 1. The number of anilines is 2. The quantitative estimate of drug-likeness (QED) is 0.203. The van der Waals surface area contributed by atoms with Gasteiger partial charge in [0, 0.05) is 37.0 Å². The Hall–Kier alpha value is -1.27. The van der Waals surface area contributed by atoms with Crippen molar-refractivity contribution in [3.8, 4) is 5.69 Å². The summed E-state index contributed by atoms with van der Waals surface area (Å²) in [6.07, 6.45) is 1.52. The van der Waals surface area contributed by atoms with E-state index in [2.05, 4.69) is 46.4 Å². The maximum atomic E-state index is 10.9. The Labute approximate surface area is 247 Å². The Morgan fingerprint density at radius 3 is 2.27 bits per heavy atom. The van der Waals surface area contributed by atoms with Crippen molar-refractivity contribution in [1.82, 2.24) is 14.8 Å². The zero-order chi connectivity index (χ0) is 23.1. The van der Waals surface area contributed by atoms with Gasteiger partial charge in [-0.25, -0.2) is 0 Å².